The van der Waals surface area contributed by atoms with Crippen LogP contribution in [0.25, 0.3) is 0 Å². The normalized spacial score (nSPS) is 15.9. The molecular formula is C13H18N2O2. The number of carboxylic acids is 1. The van der Waals surface area contributed by atoms with Crippen LogP contribution in [0, 0.1) is 5.92 Å². The van der Waals surface area contributed by atoms with E-state index in [9.17, 15) is 4.79 Å². The van der Waals surface area contributed by atoms with Crippen molar-refractivity contribution in [3.05, 3.63) is 29.6 Å². The Bertz CT molecular complexity index is 402. The van der Waals surface area contributed by atoms with E-state index in [0.717, 1.165) is 24.6 Å². The molecule has 4 nitrogen and oxygen atoms in total. The van der Waals surface area contributed by atoms with Crippen LogP contribution in [-0.2, 0) is 6.54 Å². The van der Waals surface area contributed by atoms with E-state index in [1.54, 1.807) is 12.3 Å². The summed E-state index contributed by atoms with van der Waals surface area (Å²) in [5.74, 6) is -0.130. The largest absolute Gasteiger partial charge is 0.477 e. The van der Waals surface area contributed by atoms with E-state index >= 15 is 0 Å². The van der Waals surface area contributed by atoms with Crippen molar-refractivity contribution in [2.45, 2.75) is 25.8 Å². The van der Waals surface area contributed by atoms with E-state index in [1.165, 1.54) is 19.3 Å². The number of carboxylic acid groups (broad SMARTS) is 1. The summed E-state index contributed by atoms with van der Waals surface area (Å²) in [5.41, 5.74) is 1.14. The zero-order valence-electron chi connectivity index (χ0n) is 10.1. The van der Waals surface area contributed by atoms with Gasteiger partial charge in [-0.1, -0.05) is 6.42 Å². The number of aromatic carboxylic acids is 1. The molecule has 1 N–H and O–H groups in total. The molecule has 1 saturated carbocycles. The molecule has 0 radical (unpaired) electrons. The lowest BCUT2D eigenvalue weighted by Crippen LogP contribution is -2.29. The molecule has 1 aliphatic carbocycles. The van der Waals surface area contributed by atoms with Gasteiger partial charge in [-0.2, -0.15) is 0 Å². The summed E-state index contributed by atoms with van der Waals surface area (Å²) in [6, 6.07) is 3.53. The number of nitrogens with zero attached hydrogens (tertiary/aromatic N) is 2. The molecule has 1 aliphatic rings. The minimum absolute atomic E-state index is 0.125. The molecule has 1 fully saturated rings. The molecular weight excluding hydrogens is 216 g/mol. The van der Waals surface area contributed by atoms with Crippen molar-refractivity contribution in [1.82, 2.24) is 9.88 Å². The molecule has 0 unspecified atom stereocenters. The maximum Gasteiger partial charge on any atom is 0.354 e. The fraction of sp³-hybridized carbons (Fsp3) is 0.538. The summed E-state index contributed by atoms with van der Waals surface area (Å²) in [5, 5.41) is 8.86. The third-order valence-corrected chi connectivity index (χ3v) is 3.29. The SMILES string of the molecule is CN(Cc1ccnc(C(=O)O)c1)CC1CCC1. The highest BCUT2D eigenvalue weighted by Gasteiger charge is 2.19. The van der Waals surface area contributed by atoms with Crippen molar-refractivity contribution in [2.24, 2.45) is 5.92 Å². The van der Waals surface area contributed by atoms with Crippen LogP contribution in [0.5, 0.6) is 0 Å². The van der Waals surface area contributed by atoms with Crippen molar-refractivity contribution >= 4 is 5.97 Å². The number of hydrogen-bond donors (Lipinski definition) is 1. The minimum Gasteiger partial charge on any atom is -0.477 e. The van der Waals surface area contributed by atoms with Gasteiger partial charge in [0.1, 0.15) is 5.69 Å². The van der Waals surface area contributed by atoms with E-state index in [2.05, 4.69) is 16.9 Å². The number of aromatic nitrogens is 1. The Balaban J connectivity index is 1.92. The highest BCUT2D eigenvalue weighted by molar-refractivity contribution is 5.85. The second-order valence-corrected chi connectivity index (χ2v) is 4.85. The molecule has 1 aromatic rings. The molecule has 1 aromatic heterocycles. The number of pyridine rings is 1. The second-order valence-electron chi connectivity index (χ2n) is 4.85. The summed E-state index contributed by atoms with van der Waals surface area (Å²) in [6.07, 6.45) is 5.59. The van der Waals surface area contributed by atoms with E-state index in [0.29, 0.717) is 0 Å². The first-order valence-electron chi connectivity index (χ1n) is 6.02. The van der Waals surface area contributed by atoms with Gasteiger partial charge < -0.3 is 10.0 Å². The van der Waals surface area contributed by atoms with Crippen LogP contribution in [0.4, 0.5) is 0 Å². The number of rotatable bonds is 5. The molecule has 0 aliphatic heterocycles. The molecule has 1 heterocycles. The summed E-state index contributed by atoms with van der Waals surface area (Å²) < 4.78 is 0. The molecule has 0 amide bonds. The smallest absolute Gasteiger partial charge is 0.354 e. The first kappa shape index (κ1) is 12.0. The lowest BCUT2D eigenvalue weighted by molar-refractivity contribution is 0.0690. The van der Waals surface area contributed by atoms with Gasteiger partial charge in [0, 0.05) is 19.3 Å². The lowest BCUT2D eigenvalue weighted by Gasteiger charge is -2.30. The Hall–Kier alpha value is -1.42. The first-order valence-corrected chi connectivity index (χ1v) is 6.02. The van der Waals surface area contributed by atoms with Gasteiger partial charge in [-0.3, -0.25) is 0 Å². The average Bonchev–Trinajstić information content (AvgIpc) is 2.24. The third kappa shape index (κ3) is 3.27. The predicted octanol–water partition coefficient (Wildman–Crippen LogP) is 2.01. The van der Waals surface area contributed by atoms with Crippen LogP contribution < -0.4 is 0 Å². The number of hydrogen-bond acceptors (Lipinski definition) is 3. The van der Waals surface area contributed by atoms with Gasteiger partial charge in [-0.25, -0.2) is 9.78 Å². The van der Waals surface area contributed by atoms with Gasteiger partial charge in [0.2, 0.25) is 0 Å². The molecule has 0 atom stereocenters. The van der Waals surface area contributed by atoms with Gasteiger partial charge in [0.25, 0.3) is 0 Å². The van der Waals surface area contributed by atoms with Crippen molar-refractivity contribution in [3.63, 3.8) is 0 Å². The fourth-order valence-corrected chi connectivity index (χ4v) is 2.18. The molecule has 0 aromatic carbocycles. The average molecular weight is 234 g/mol. The molecule has 92 valence electrons. The highest BCUT2D eigenvalue weighted by Crippen LogP contribution is 2.27. The van der Waals surface area contributed by atoms with E-state index in [1.807, 2.05) is 6.07 Å². The Kier molecular flexibility index (Phi) is 3.74. The van der Waals surface area contributed by atoms with E-state index in [4.69, 9.17) is 5.11 Å². The molecule has 0 spiro atoms. The van der Waals surface area contributed by atoms with Crippen LogP contribution in [0.2, 0.25) is 0 Å². The highest BCUT2D eigenvalue weighted by atomic mass is 16.4. The molecule has 17 heavy (non-hydrogen) atoms. The van der Waals surface area contributed by atoms with Gasteiger partial charge >= 0.3 is 5.97 Å². The molecule has 4 heteroatoms. The monoisotopic (exact) mass is 234 g/mol. The Morgan fingerprint density at radius 3 is 2.94 bits per heavy atom. The lowest BCUT2D eigenvalue weighted by atomic mass is 9.85. The topological polar surface area (TPSA) is 53.4 Å². The predicted molar refractivity (Wildman–Crippen MR) is 64.9 cm³/mol. The van der Waals surface area contributed by atoms with Crippen LogP contribution >= 0.6 is 0 Å². The van der Waals surface area contributed by atoms with Crippen LogP contribution in [0.3, 0.4) is 0 Å². The zero-order chi connectivity index (χ0) is 12.3. The molecule has 0 saturated heterocycles. The third-order valence-electron chi connectivity index (χ3n) is 3.29. The van der Waals surface area contributed by atoms with Crippen LogP contribution in [-0.4, -0.2) is 34.6 Å². The molecule has 2 rings (SSSR count). The van der Waals surface area contributed by atoms with Crippen molar-refractivity contribution < 1.29 is 9.90 Å². The fourth-order valence-electron chi connectivity index (χ4n) is 2.18. The second kappa shape index (κ2) is 5.27. The Labute approximate surface area is 101 Å². The maximum atomic E-state index is 10.8. The van der Waals surface area contributed by atoms with Gasteiger partial charge in [0.15, 0.2) is 0 Å². The van der Waals surface area contributed by atoms with Gasteiger partial charge in [0.05, 0.1) is 0 Å². The summed E-state index contributed by atoms with van der Waals surface area (Å²) >= 11 is 0. The first-order chi connectivity index (χ1) is 8.15. The van der Waals surface area contributed by atoms with Crippen LogP contribution in [0.15, 0.2) is 18.3 Å². The Morgan fingerprint density at radius 2 is 2.35 bits per heavy atom. The van der Waals surface area contributed by atoms with E-state index in [-0.39, 0.29) is 5.69 Å². The van der Waals surface area contributed by atoms with E-state index < -0.39 is 5.97 Å². The van der Waals surface area contributed by atoms with Crippen molar-refractivity contribution in [1.29, 1.82) is 0 Å². The standard InChI is InChI=1S/C13H18N2O2/c1-15(8-10-3-2-4-10)9-11-5-6-14-12(7-11)13(16)17/h5-7,10H,2-4,8-9H2,1H3,(H,16,17). The summed E-state index contributed by atoms with van der Waals surface area (Å²) in [4.78, 5) is 16.9. The number of carbonyl (C=O) groups is 1. The zero-order valence-corrected chi connectivity index (χ0v) is 10.1. The minimum atomic E-state index is -0.964. The summed E-state index contributed by atoms with van der Waals surface area (Å²) in [6.45, 7) is 1.89. The van der Waals surface area contributed by atoms with Gasteiger partial charge in [-0.15, -0.1) is 0 Å². The summed E-state index contributed by atoms with van der Waals surface area (Å²) in [7, 11) is 2.08. The molecule has 0 bridgehead atoms. The van der Waals surface area contributed by atoms with Gasteiger partial charge in [-0.05, 0) is 43.5 Å². The van der Waals surface area contributed by atoms with Crippen molar-refractivity contribution in [3.8, 4) is 0 Å². The van der Waals surface area contributed by atoms with Crippen LogP contribution in [0.1, 0.15) is 35.3 Å². The van der Waals surface area contributed by atoms with Crippen molar-refractivity contribution in [2.75, 3.05) is 13.6 Å². The quantitative estimate of drug-likeness (QED) is 0.846. The maximum absolute atomic E-state index is 10.8. The Morgan fingerprint density at radius 1 is 1.59 bits per heavy atom.